The van der Waals surface area contributed by atoms with Crippen LogP contribution in [0.2, 0.25) is 0 Å². The standard InChI is InChI=1S/C13H17FN4O/c1-15-7-8-18(2)9-12-16-13(19-17-12)10-3-5-11(14)6-4-10/h3-6,15H,7-9H2,1-2H3. The van der Waals surface area contributed by atoms with Gasteiger partial charge in [0.15, 0.2) is 5.82 Å². The summed E-state index contributed by atoms with van der Waals surface area (Å²) in [6.45, 7) is 2.42. The van der Waals surface area contributed by atoms with E-state index in [4.69, 9.17) is 4.52 Å². The molecule has 0 fully saturated rings. The zero-order valence-corrected chi connectivity index (χ0v) is 11.1. The highest BCUT2D eigenvalue weighted by Gasteiger charge is 2.10. The summed E-state index contributed by atoms with van der Waals surface area (Å²) in [5.41, 5.74) is 0.720. The van der Waals surface area contributed by atoms with Gasteiger partial charge in [-0.1, -0.05) is 5.16 Å². The topological polar surface area (TPSA) is 54.2 Å². The summed E-state index contributed by atoms with van der Waals surface area (Å²) in [6, 6.07) is 5.99. The Bertz CT molecular complexity index is 512. The number of aromatic nitrogens is 2. The lowest BCUT2D eigenvalue weighted by atomic mass is 10.2. The molecule has 0 aliphatic rings. The van der Waals surface area contributed by atoms with Gasteiger partial charge in [0.05, 0.1) is 6.54 Å². The Morgan fingerprint density at radius 3 is 2.74 bits per heavy atom. The fraction of sp³-hybridized carbons (Fsp3) is 0.385. The van der Waals surface area contributed by atoms with Gasteiger partial charge in [0, 0.05) is 18.7 Å². The van der Waals surface area contributed by atoms with Crippen LogP contribution in [0.5, 0.6) is 0 Å². The molecule has 2 aromatic rings. The minimum Gasteiger partial charge on any atom is -0.334 e. The van der Waals surface area contributed by atoms with Crippen molar-refractivity contribution in [2.75, 3.05) is 27.2 Å². The van der Waals surface area contributed by atoms with Crippen molar-refractivity contribution in [1.29, 1.82) is 0 Å². The highest BCUT2D eigenvalue weighted by molar-refractivity contribution is 5.52. The molecule has 1 heterocycles. The largest absolute Gasteiger partial charge is 0.334 e. The molecule has 1 aromatic heterocycles. The lowest BCUT2D eigenvalue weighted by Crippen LogP contribution is -2.27. The van der Waals surface area contributed by atoms with Crippen LogP contribution in [0.15, 0.2) is 28.8 Å². The number of likely N-dealkylation sites (N-methyl/N-ethyl adjacent to an activating group) is 2. The summed E-state index contributed by atoms with van der Waals surface area (Å²) in [5, 5.41) is 7.00. The van der Waals surface area contributed by atoms with Gasteiger partial charge in [0.25, 0.3) is 5.89 Å². The van der Waals surface area contributed by atoms with E-state index < -0.39 is 0 Å². The number of nitrogens with zero attached hydrogens (tertiary/aromatic N) is 3. The SMILES string of the molecule is CNCCN(C)Cc1noc(-c2ccc(F)cc2)n1. The fourth-order valence-electron chi connectivity index (χ4n) is 1.65. The summed E-state index contributed by atoms with van der Waals surface area (Å²) >= 11 is 0. The molecule has 0 bridgehead atoms. The second-order valence-electron chi connectivity index (χ2n) is 4.36. The Balaban J connectivity index is 2.00. The molecule has 5 nitrogen and oxygen atoms in total. The molecule has 0 aliphatic carbocycles. The maximum Gasteiger partial charge on any atom is 0.257 e. The Hall–Kier alpha value is -1.79. The summed E-state index contributed by atoms with van der Waals surface area (Å²) < 4.78 is 18.0. The highest BCUT2D eigenvalue weighted by Crippen LogP contribution is 2.17. The van der Waals surface area contributed by atoms with Gasteiger partial charge in [-0.25, -0.2) is 4.39 Å². The molecule has 1 aromatic carbocycles. The first-order valence-corrected chi connectivity index (χ1v) is 6.10. The molecular weight excluding hydrogens is 247 g/mol. The van der Waals surface area contributed by atoms with Crippen molar-refractivity contribution in [3.63, 3.8) is 0 Å². The van der Waals surface area contributed by atoms with Crippen molar-refractivity contribution in [2.24, 2.45) is 0 Å². The molecule has 0 saturated heterocycles. The zero-order chi connectivity index (χ0) is 13.7. The average molecular weight is 264 g/mol. The van der Waals surface area contributed by atoms with Crippen LogP contribution < -0.4 is 5.32 Å². The molecule has 19 heavy (non-hydrogen) atoms. The molecule has 2 rings (SSSR count). The van der Waals surface area contributed by atoms with Crippen LogP contribution >= 0.6 is 0 Å². The molecule has 0 aliphatic heterocycles. The van der Waals surface area contributed by atoms with E-state index in [1.165, 1.54) is 12.1 Å². The molecule has 1 N–H and O–H groups in total. The predicted molar refractivity (Wildman–Crippen MR) is 70.0 cm³/mol. The number of hydrogen-bond donors (Lipinski definition) is 1. The molecule has 0 atom stereocenters. The summed E-state index contributed by atoms with van der Waals surface area (Å²) in [6.07, 6.45) is 0. The minimum absolute atomic E-state index is 0.282. The van der Waals surface area contributed by atoms with E-state index in [9.17, 15) is 4.39 Å². The maximum atomic E-state index is 12.8. The van der Waals surface area contributed by atoms with Gasteiger partial charge in [-0.2, -0.15) is 4.98 Å². The highest BCUT2D eigenvalue weighted by atomic mass is 19.1. The lowest BCUT2D eigenvalue weighted by molar-refractivity contribution is 0.311. The van der Waals surface area contributed by atoms with Crippen LogP contribution in [0.3, 0.4) is 0 Å². The summed E-state index contributed by atoms with van der Waals surface area (Å²) in [7, 11) is 3.90. The van der Waals surface area contributed by atoms with Gasteiger partial charge in [0.1, 0.15) is 5.82 Å². The second kappa shape index (κ2) is 6.40. The number of hydrogen-bond acceptors (Lipinski definition) is 5. The molecule has 0 radical (unpaired) electrons. The minimum atomic E-state index is -0.282. The van der Waals surface area contributed by atoms with Crippen molar-refractivity contribution in [1.82, 2.24) is 20.4 Å². The third-order valence-corrected chi connectivity index (χ3v) is 2.71. The number of benzene rings is 1. The lowest BCUT2D eigenvalue weighted by Gasteiger charge is -2.13. The molecule has 6 heteroatoms. The molecule has 0 spiro atoms. The third kappa shape index (κ3) is 3.84. The van der Waals surface area contributed by atoms with Gasteiger partial charge in [-0.15, -0.1) is 0 Å². The second-order valence-corrected chi connectivity index (χ2v) is 4.36. The van der Waals surface area contributed by atoms with E-state index in [1.54, 1.807) is 12.1 Å². The van der Waals surface area contributed by atoms with Gasteiger partial charge in [-0.3, -0.25) is 4.90 Å². The first kappa shape index (κ1) is 13.6. The van der Waals surface area contributed by atoms with Crippen LogP contribution in [0, 0.1) is 5.82 Å². The van der Waals surface area contributed by atoms with Crippen LogP contribution in [0.4, 0.5) is 4.39 Å². The van der Waals surface area contributed by atoms with Gasteiger partial charge in [-0.05, 0) is 38.4 Å². The van der Waals surface area contributed by atoms with E-state index in [0.29, 0.717) is 18.3 Å². The zero-order valence-electron chi connectivity index (χ0n) is 11.1. The predicted octanol–water partition coefficient (Wildman–Crippen LogP) is 1.53. The van der Waals surface area contributed by atoms with Crippen molar-refractivity contribution < 1.29 is 8.91 Å². The quantitative estimate of drug-likeness (QED) is 0.857. The Kier molecular flexibility index (Phi) is 4.59. The van der Waals surface area contributed by atoms with Crippen LogP contribution in [0.1, 0.15) is 5.82 Å². The molecule has 0 saturated carbocycles. The van der Waals surface area contributed by atoms with Crippen LogP contribution in [-0.2, 0) is 6.54 Å². The summed E-state index contributed by atoms with van der Waals surface area (Å²) in [5.74, 6) is 0.755. The maximum absolute atomic E-state index is 12.8. The summed E-state index contributed by atoms with van der Waals surface area (Å²) in [4.78, 5) is 6.39. The molecular formula is C13H17FN4O. The normalized spacial score (nSPS) is 11.2. The van der Waals surface area contributed by atoms with E-state index >= 15 is 0 Å². The van der Waals surface area contributed by atoms with Gasteiger partial charge < -0.3 is 9.84 Å². The van der Waals surface area contributed by atoms with Gasteiger partial charge >= 0.3 is 0 Å². The average Bonchev–Trinajstić information content (AvgIpc) is 2.85. The van der Waals surface area contributed by atoms with Crippen molar-refractivity contribution in [3.05, 3.63) is 35.9 Å². The number of halogens is 1. The van der Waals surface area contributed by atoms with Crippen molar-refractivity contribution >= 4 is 0 Å². The van der Waals surface area contributed by atoms with E-state index in [0.717, 1.165) is 18.7 Å². The Labute approximate surface area is 111 Å². The molecule has 0 amide bonds. The molecule has 102 valence electrons. The molecule has 0 unspecified atom stereocenters. The van der Waals surface area contributed by atoms with E-state index in [1.807, 2.05) is 14.1 Å². The van der Waals surface area contributed by atoms with E-state index in [2.05, 4.69) is 20.4 Å². The van der Waals surface area contributed by atoms with Gasteiger partial charge in [0.2, 0.25) is 0 Å². The third-order valence-electron chi connectivity index (χ3n) is 2.71. The van der Waals surface area contributed by atoms with Crippen LogP contribution in [-0.4, -0.2) is 42.2 Å². The van der Waals surface area contributed by atoms with Crippen LogP contribution in [0.25, 0.3) is 11.5 Å². The Morgan fingerprint density at radius 2 is 2.05 bits per heavy atom. The first-order chi connectivity index (χ1) is 9.19. The van der Waals surface area contributed by atoms with E-state index in [-0.39, 0.29) is 5.82 Å². The Morgan fingerprint density at radius 1 is 1.32 bits per heavy atom. The van der Waals surface area contributed by atoms with Crippen molar-refractivity contribution in [3.8, 4) is 11.5 Å². The first-order valence-electron chi connectivity index (χ1n) is 6.10. The number of nitrogens with one attached hydrogen (secondary N) is 1. The monoisotopic (exact) mass is 264 g/mol. The fourth-order valence-corrected chi connectivity index (χ4v) is 1.65. The number of rotatable bonds is 6. The smallest absolute Gasteiger partial charge is 0.257 e. The van der Waals surface area contributed by atoms with Crippen molar-refractivity contribution in [2.45, 2.75) is 6.54 Å².